The average Bonchev–Trinajstić information content (AvgIpc) is 3.76. The summed E-state index contributed by atoms with van der Waals surface area (Å²) < 4.78 is 31.1. The highest BCUT2D eigenvalue weighted by Gasteiger charge is 2.37. The summed E-state index contributed by atoms with van der Waals surface area (Å²) in [5.74, 6) is 0.845. The van der Waals surface area contributed by atoms with E-state index in [0.29, 0.717) is 10.8 Å². The monoisotopic (exact) mass is 576 g/mol. The fourth-order valence-corrected chi connectivity index (χ4v) is 7.80. The number of rotatable bonds is 9. The second-order valence-electron chi connectivity index (χ2n) is 11.8. The lowest BCUT2D eigenvalue weighted by molar-refractivity contribution is -0.130. The normalized spacial score (nSPS) is 19.8. The molecule has 8 nitrogen and oxygen atoms in total. The van der Waals surface area contributed by atoms with Gasteiger partial charge in [-0.2, -0.15) is 0 Å². The molecule has 1 aliphatic carbocycles. The van der Waals surface area contributed by atoms with Crippen LogP contribution in [0.4, 0.5) is 0 Å². The van der Waals surface area contributed by atoms with E-state index in [2.05, 4.69) is 34.1 Å². The second-order valence-corrected chi connectivity index (χ2v) is 14.0. The summed E-state index contributed by atoms with van der Waals surface area (Å²) in [6.07, 6.45) is 6.58. The number of aromatic amines is 1. The van der Waals surface area contributed by atoms with Crippen LogP contribution in [-0.4, -0.2) is 78.7 Å². The van der Waals surface area contributed by atoms with Gasteiger partial charge in [0.15, 0.2) is 9.84 Å². The van der Waals surface area contributed by atoms with E-state index in [1.165, 1.54) is 0 Å². The number of hydrogen-bond donors (Lipinski definition) is 1. The molecule has 6 rings (SSSR count). The molecule has 1 unspecified atom stereocenters. The Bertz CT molecular complexity index is 1430. The van der Waals surface area contributed by atoms with Crippen LogP contribution in [0.15, 0.2) is 59.6 Å². The number of aromatic nitrogens is 2. The van der Waals surface area contributed by atoms with E-state index in [0.717, 1.165) is 106 Å². The fourth-order valence-electron chi connectivity index (χ4n) is 6.14. The average molecular weight is 577 g/mol. The van der Waals surface area contributed by atoms with E-state index in [-0.39, 0.29) is 17.1 Å². The number of H-pyrrole nitrogens is 1. The van der Waals surface area contributed by atoms with Crippen LogP contribution in [0.5, 0.6) is 0 Å². The highest BCUT2D eigenvalue weighted by atomic mass is 32.2. The first-order valence-electron chi connectivity index (χ1n) is 14.9. The number of nitrogens with one attached hydrogen (secondary N) is 1. The van der Waals surface area contributed by atoms with E-state index >= 15 is 0 Å². The molecule has 3 fully saturated rings. The van der Waals surface area contributed by atoms with Crippen molar-refractivity contribution in [3.8, 4) is 11.4 Å². The molecule has 3 aromatic rings. The van der Waals surface area contributed by atoms with Gasteiger partial charge in [-0.1, -0.05) is 18.2 Å². The molecule has 41 heavy (non-hydrogen) atoms. The molecular formula is C32H40N4O4S. The molecule has 1 atom stereocenters. The van der Waals surface area contributed by atoms with Crippen LogP contribution in [0.2, 0.25) is 0 Å². The van der Waals surface area contributed by atoms with E-state index < -0.39 is 9.84 Å². The largest absolute Gasteiger partial charge is 0.381 e. The number of piperazine rings is 1. The van der Waals surface area contributed by atoms with Gasteiger partial charge in [-0.25, -0.2) is 8.42 Å². The molecule has 1 amide bonds. The van der Waals surface area contributed by atoms with Gasteiger partial charge in [0.1, 0.15) is 0 Å². The summed E-state index contributed by atoms with van der Waals surface area (Å²) in [6, 6.07) is 16.1. The molecule has 2 aliphatic heterocycles. The Morgan fingerprint density at radius 2 is 1.71 bits per heavy atom. The summed E-state index contributed by atoms with van der Waals surface area (Å²) in [5.41, 5.74) is 5.30. The summed E-state index contributed by atoms with van der Waals surface area (Å²) >= 11 is 0. The topological polar surface area (TPSA) is 95.6 Å². The number of hydrogen-bond acceptors (Lipinski definition) is 6. The van der Waals surface area contributed by atoms with Gasteiger partial charge in [0.05, 0.1) is 21.5 Å². The highest BCUT2D eigenvalue weighted by Crippen LogP contribution is 2.37. The third-order valence-corrected chi connectivity index (χ3v) is 11.2. The van der Waals surface area contributed by atoms with Gasteiger partial charge in [0.25, 0.3) is 0 Å². The van der Waals surface area contributed by atoms with Crippen LogP contribution < -0.4 is 0 Å². The maximum atomic E-state index is 12.8. The predicted molar refractivity (Wildman–Crippen MR) is 158 cm³/mol. The molecule has 1 N–H and O–H groups in total. The van der Waals surface area contributed by atoms with Crippen LogP contribution in [-0.2, 0) is 25.9 Å². The molecule has 3 aliphatic rings. The van der Waals surface area contributed by atoms with Crippen molar-refractivity contribution < 1.29 is 17.9 Å². The van der Waals surface area contributed by atoms with Crippen molar-refractivity contribution in [2.45, 2.75) is 61.6 Å². The highest BCUT2D eigenvalue weighted by molar-refractivity contribution is 7.92. The minimum Gasteiger partial charge on any atom is -0.381 e. The molecule has 1 aromatic carbocycles. The van der Waals surface area contributed by atoms with Crippen molar-refractivity contribution in [3.05, 3.63) is 71.5 Å². The summed E-state index contributed by atoms with van der Waals surface area (Å²) in [6.45, 7) is 7.38. The van der Waals surface area contributed by atoms with Crippen molar-refractivity contribution in [2.24, 2.45) is 5.92 Å². The Balaban J connectivity index is 1.17. The van der Waals surface area contributed by atoms with Gasteiger partial charge in [0.2, 0.25) is 5.91 Å². The molecule has 2 aromatic heterocycles. The van der Waals surface area contributed by atoms with E-state index in [1.807, 2.05) is 23.2 Å². The number of carbonyl (C=O) groups is 1. The van der Waals surface area contributed by atoms with Crippen LogP contribution in [0.25, 0.3) is 11.4 Å². The van der Waals surface area contributed by atoms with Crippen LogP contribution in [0.3, 0.4) is 0 Å². The zero-order chi connectivity index (χ0) is 28.4. The van der Waals surface area contributed by atoms with Crippen molar-refractivity contribution in [2.75, 3.05) is 39.4 Å². The van der Waals surface area contributed by atoms with Crippen LogP contribution in [0, 0.1) is 5.92 Å². The number of pyridine rings is 1. The lowest BCUT2D eigenvalue weighted by atomic mass is 9.83. The predicted octanol–water partition coefficient (Wildman–Crippen LogP) is 4.63. The Hall–Kier alpha value is -3.01. The van der Waals surface area contributed by atoms with Gasteiger partial charge < -0.3 is 14.6 Å². The van der Waals surface area contributed by atoms with Gasteiger partial charge in [-0.05, 0) is 79.5 Å². The Labute approximate surface area is 243 Å². The summed E-state index contributed by atoms with van der Waals surface area (Å²) in [4.78, 5) is 24.7. The first-order valence-corrected chi connectivity index (χ1v) is 16.4. The second kappa shape index (κ2) is 12.1. The third-order valence-electron chi connectivity index (χ3n) is 8.89. The number of sulfone groups is 1. The standard InChI is InChI=1S/C32H40N4O4S/c1-23(37)36-16-14-35(15-17-36)22-25-2-9-31(33-21-25)32-11-10-30(34-32)29(20-24-12-18-40-19-13-24)26-3-5-27(6-4-26)41(38,39)28-7-8-28/h2-6,9-11,21,24,28-29,34H,7-8,12-20,22H2,1H3. The summed E-state index contributed by atoms with van der Waals surface area (Å²) in [5, 5.41) is -0.201. The first-order chi connectivity index (χ1) is 19.9. The molecule has 0 bridgehead atoms. The molecule has 9 heteroatoms. The Morgan fingerprint density at radius 3 is 2.34 bits per heavy atom. The SMILES string of the molecule is CC(=O)N1CCN(Cc2ccc(-c3ccc(C(CC4CCOCC4)c4ccc(S(=O)(=O)C5CC5)cc4)[nH]3)nc2)CC1. The van der Waals surface area contributed by atoms with Gasteiger partial charge in [-0.3, -0.25) is 14.7 Å². The first kappa shape index (κ1) is 28.1. The van der Waals surface area contributed by atoms with Crippen LogP contribution in [0.1, 0.15) is 61.8 Å². The molecule has 1 saturated carbocycles. The van der Waals surface area contributed by atoms with Crippen molar-refractivity contribution in [1.82, 2.24) is 19.8 Å². The molecular weight excluding hydrogens is 536 g/mol. The Morgan fingerprint density at radius 1 is 0.976 bits per heavy atom. The molecule has 4 heterocycles. The number of amides is 1. The Kier molecular flexibility index (Phi) is 8.28. The number of ether oxygens (including phenoxy) is 1. The van der Waals surface area contributed by atoms with E-state index in [4.69, 9.17) is 9.72 Å². The fraction of sp³-hybridized carbons (Fsp3) is 0.500. The van der Waals surface area contributed by atoms with Crippen molar-refractivity contribution >= 4 is 15.7 Å². The number of nitrogens with zero attached hydrogens (tertiary/aromatic N) is 3. The number of carbonyl (C=O) groups excluding carboxylic acids is 1. The van der Waals surface area contributed by atoms with Gasteiger partial charge >= 0.3 is 0 Å². The van der Waals surface area contributed by atoms with Gasteiger partial charge in [-0.15, -0.1) is 0 Å². The minimum atomic E-state index is -3.20. The summed E-state index contributed by atoms with van der Waals surface area (Å²) in [7, 11) is -3.20. The lowest BCUT2D eigenvalue weighted by Crippen LogP contribution is -2.47. The third kappa shape index (κ3) is 6.58. The maximum Gasteiger partial charge on any atom is 0.219 e. The maximum absolute atomic E-state index is 12.8. The van der Waals surface area contributed by atoms with E-state index in [9.17, 15) is 13.2 Å². The molecule has 2 saturated heterocycles. The molecule has 0 radical (unpaired) electrons. The van der Waals surface area contributed by atoms with E-state index in [1.54, 1.807) is 19.1 Å². The van der Waals surface area contributed by atoms with Crippen molar-refractivity contribution in [3.63, 3.8) is 0 Å². The zero-order valence-electron chi connectivity index (χ0n) is 23.8. The molecule has 0 spiro atoms. The van der Waals surface area contributed by atoms with Crippen molar-refractivity contribution in [1.29, 1.82) is 0 Å². The quantitative estimate of drug-likeness (QED) is 0.399. The van der Waals surface area contributed by atoms with Crippen LogP contribution >= 0.6 is 0 Å². The number of benzene rings is 1. The van der Waals surface area contributed by atoms with Gasteiger partial charge in [0, 0.05) is 70.7 Å². The smallest absolute Gasteiger partial charge is 0.219 e. The zero-order valence-corrected chi connectivity index (χ0v) is 24.6. The lowest BCUT2D eigenvalue weighted by Gasteiger charge is -2.34. The molecule has 218 valence electrons. The minimum absolute atomic E-state index is 0.137.